The SMILES string of the molecule is c1ccc(-c2nc(-c3ccccc3)nc(-n3c4ccccc4c4ccc5c(c6cccc7c6n5-c5ccccc5-c5ccccc5-7)c43)n2)cc1. The van der Waals surface area contributed by atoms with Gasteiger partial charge in [-0.1, -0.05) is 146 Å². The highest BCUT2D eigenvalue weighted by atomic mass is 15.2. The molecule has 0 saturated carbocycles. The maximum atomic E-state index is 5.23. The summed E-state index contributed by atoms with van der Waals surface area (Å²) in [7, 11) is 0. The highest BCUT2D eigenvalue weighted by Crippen LogP contribution is 2.49. The summed E-state index contributed by atoms with van der Waals surface area (Å²) in [6.07, 6.45) is 0. The lowest BCUT2D eigenvalue weighted by molar-refractivity contribution is 0.955. The number of rotatable bonds is 3. The minimum Gasteiger partial charge on any atom is -0.308 e. The van der Waals surface area contributed by atoms with Crippen LogP contribution in [0.5, 0.6) is 0 Å². The molecule has 0 bridgehead atoms. The number of para-hydroxylation sites is 3. The van der Waals surface area contributed by atoms with Crippen LogP contribution in [0.2, 0.25) is 0 Å². The first kappa shape index (κ1) is 27.1. The van der Waals surface area contributed by atoms with Crippen LogP contribution in [0.15, 0.2) is 164 Å². The zero-order chi connectivity index (χ0) is 32.8. The van der Waals surface area contributed by atoms with Gasteiger partial charge in [0.15, 0.2) is 11.6 Å². The van der Waals surface area contributed by atoms with E-state index in [1.165, 1.54) is 44.2 Å². The highest BCUT2D eigenvalue weighted by molar-refractivity contribution is 6.28. The van der Waals surface area contributed by atoms with Crippen molar-refractivity contribution >= 4 is 43.6 Å². The van der Waals surface area contributed by atoms with Crippen molar-refractivity contribution < 1.29 is 0 Å². The smallest absolute Gasteiger partial charge is 0.238 e. The van der Waals surface area contributed by atoms with E-state index in [4.69, 9.17) is 15.0 Å². The van der Waals surface area contributed by atoms with Gasteiger partial charge in [0.2, 0.25) is 5.95 Å². The lowest BCUT2D eigenvalue weighted by Gasteiger charge is -2.13. The summed E-state index contributed by atoms with van der Waals surface area (Å²) in [5.41, 5.74) is 12.5. The van der Waals surface area contributed by atoms with Crippen LogP contribution in [-0.2, 0) is 0 Å². The molecule has 10 aromatic rings. The molecule has 0 spiro atoms. The average Bonchev–Trinajstić information content (AvgIpc) is 3.67. The van der Waals surface area contributed by atoms with Crippen LogP contribution < -0.4 is 0 Å². The van der Waals surface area contributed by atoms with Gasteiger partial charge in [-0.05, 0) is 29.3 Å². The standard InChI is InChI=1S/C45H27N5/c1-3-14-28(15-4-1)43-46-44(29-16-5-2-6-17-29)48-45(47-43)50-38-25-12-10-21-33(38)35-26-27-39-40(42(35)50)36-23-13-22-34-31-19-8-7-18-30(31)32-20-9-11-24-37(32)49(39)41(34)36/h1-27H. The van der Waals surface area contributed by atoms with Crippen LogP contribution >= 0.6 is 0 Å². The summed E-state index contributed by atoms with van der Waals surface area (Å²) in [6.45, 7) is 0. The molecule has 0 atom stereocenters. The van der Waals surface area contributed by atoms with E-state index in [0.29, 0.717) is 17.6 Å². The molecular formula is C45H27N5. The van der Waals surface area contributed by atoms with Gasteiger partial charge in [0.25, 0.3) is 0 Å². The lowest BCUT2D eigenvalue weighted by atomic mass is 9.93. The summed E-state index contributed by atoms with van der Waals surface area (Å²) in [5.74, 6) is 1.86. The minimum absolute atomic E-state index is 0.589. The Bertz CT molecular complexity index is 2920. The van der Waals surface area contributed by atoms with E-state index in [9.17, 15) is 0 Å². The quantitative estimate of drug-likeness (QED) is 0.194. The molecule has 50 heavy (non-hydrogen) atoms. The second-order valence-corrected chi connectivity index (χ2v) is 12.8. The Morgan fingerprint density at radius 1 is 0.340 bits per heavy atom. The fourth-order valence-electron chi connectivity index (χ4n) is 8.03. The molecule has 0 N–H and O–H groups in total. The Morgan fingerprint density at radius 3 is 1.66 bits per heavy atom. The molecule has 5 nitrogen and oxygen atoms in total. The highest BCUT2D eigenvalue weighted by Gasteiger charge is 2.27. The van der Waals surface area contributed by atoms with Crippen molar-refractivity contribution in [1.29, 1.82) is 0 Å². The van der Waals surface area contributed by atoms with Crippen LogP contribution in [0.3, 0.4) is 0 Å². The number of benzene rings is 7. The molecule has 0 fully saturated rings. The van der Waals surface area contributed by atoms with Crippen molar-refractivity contribution in [3.63, 3.8) is 0 Å². The summed E-state index contributed by atoms with van der Waals surface area (Å²) in [5, 5.41) is 4.68. The normalized spacial score (nSPS) is 12.0. The van der Waals surface area contributed by atoms with E-state index < -0.39 is 0 Å². The monoisotopic (exact) mass is 637 g/mol. The first-order valence-electron chi connectivity index (χ1n) is 16.9. The van der Waals surface area contributed by atoms with Crippen molar-refractivity contribution in [3.8, 4) is 56.7 Å². The van der Waals surface area contributed by atoms with E-state index in [1.807, 2.05) is 36.4 Å². The maximum absolute atomic E-state index is 5.23. The van der Waals surface area contributed by atoms with Gasteiger partial charge in [-0.3, -0.25) is 4.57 Å². The summed E-state index contributed by atoms with van der Waals surface area (Å²) in [4.78, 5) is 15.5. The van der Waals surface area contributed by atoms with E-state index in [1.54, 1.807) is 0 Å². The molecule has 5 heteroatoms. The fourth-order valence-corrected chi connectivity index (χ4v) is 8.03. The third-order valence-corrected chi connectivity index (χ3v) is 10.1. The average molecular weight is 638 g/mol. The number of hydrogen-bond donors (Lipinski definition) is 0. The van der Waals surface area contributed by atoms with Crippen LogP contribution in [0, 0.1) is 0 Å². The Balaban J connectivity index is 1.33. The van der Waals surface area contributed by atoms with Crippen molar-refractivity contribution in [1.82, 2.24) is 24.1 Å². The van der Waals surface area contributed by atoms with Crippen LogP contribution in [0.25, 0.3) is 100 Å². The molecular weight excluding hydrogens is 611 g/mol. The van der Waals surface area contributed by atoms with Crippen LogP contribution in [0.1, 0.15) is 0 Å². The summed E-state index contributed by atoms with van der Waals surface area (Å²) >= 11 is 0. The first-order valence-corrected chi connectivity index (χ1v) is 16.9. The topological polar surface area (TPSA) is 48.5 Å². The van der Waals surface area contributed by atoms with Gasteiger partial charge >= 0.3 is 0 Å². The molecule has 0 radical (unpaired) electrons. The number of aromatic nitrogens is 5. The zero-order valence-electron chi connectivity index (χ0n) is 26.8. The Labute approximate surface area is 287 Å². The van der Waals surface area contributed by atoms with Gasteiger partial charge in [-0.2, -0.15) is 9.97 Å². The number of nitrogens with zero attached hydrogens (tertiary/aromatic N) is 5. The second kappa shape index (κ2) is 10.3. The Hall–Kier alpha value is -6.85. The molecule has 1 aliphatic heterocycles. The minimum atomic E-state index is 0.589. The molecule has 0 aliphatic carbocycles. The molecule has 3 aromatic heterocycles. The maximum Gasteiger partial charge on any atom is 0.238 e. The van der Waals surface area contributed by atoms with Crippen molar-refractivity contribution in [2.24, 2.45) is 0 Å². The molecule has 4 heterocycles. The first-order chi connectivity index (χ1) is 24.8. The number of fused-ring (bicyclic) bond motifs is 12. The van der Waals surface area contributed by atoms with Crippen molar-refractivity contribution in [2.75, 3.05) is 0 Å². The van der Waals surface area contributed by atoms with Gasteiger partial charge in [0, 0.05) is 43.8 Å². The molecule has 11 rings (SSSR count). The van der Waals surface area contributed by atoms with Gasteiger partial charge < -0.3 is 4.57 Å². The van der Waals surface area contributed by atoms with Crippen LogP contribution in [-0.4, -0.2) is 24.1 Å². The Morgan fingerprint density at radius 2 is 0.920 bits per heavy atom. The lowest BCUT2D eigenvalue weighted by Crippen LogP contribution is -2.06. The molecule has 1 aliphatic rings. The number of hydrogen-bond acceptors (Lipinski definition) is 3. The predicted octanol–water partition coefficient (Wildman–Crippen LogP) is 11.0. The molecule has 0 saturated heterocycles. The van der Waals surface area contributed by atoms with E-state index in [-0.39, 0.29) is 0 Å². The third-order valence-electron chi connectivity index (χ3n) is 10.1. The van der Waals surface area contributed by atoms with E-state index in [0.717, 1.165) is 38.4 Å². The molecule has 7 aromatic carbocycles. The summed E-state index contributed by atoms with van der Waals surface area (Å²) in [6, 6.07) is 57.8. The largest absolute Gasteiger partial charge is 0.308 e. The van der Waals surface area contributed by atoms with Gasteiger partial charge in [0.05, 0.1) is 27.8 Å². The zero-order valence-corrected chi connectivity index (χ0v) is 26.8. The van der Waals surface area contributed by atoms with Gasteiger partial charge in [-0.25, -0.2) is 4.98 Å². The predicted molar refractivity (Wildman–Crippen MR) is 204 cm³/mol. The van der Waals surface area contributed by atoms with Gasteiger partial charge in [0.1, 0.15) is 0 Å². The molecule has 0 amide bonds. The fraction of sp³-hybridized carbons (Fsp3) is 0. The van der Waals surface area contributed by atoms with Crippen LogP contribution in [0.4, 0.5) is 0 Å². The molecule has 232 valence electrons. The second-order valence-electron chi connectivity index (χ2n) is 12.8. The third kappa shape index (κ3) is 3.74. The van der Waals surface area contributed by atoms with Gasteiger partial charge in [-0.15, -0.1) is 0 Å². The van der Waals surface area contributed by atoms with E-state index in [2.05, 4.69) is 137 Å². The summed E-state index contributed by atoms with van der Waals surface area (Å²) < 4.78 is 4.73. The Kier molecular flexibility index (Phi) is 5.60. The molecule has 0 unspecified atom stereocenters. The van der Waals surface area contributed by atoms with Crippen molar-refractivity contribution in [3.05, 3.63) is 164 Å². The van der Waals surface area contributed by atoms with Crippen molar-refractivity contribution in [2.45, 2.75) is 0 Å². The van der Waals surface area contributed by atoms with E-state index >= 15 is 0 Å².